The molecular formula is C14H17Cl2N5O. The minimum atomic E-state index is 0.232. The van der Waals surface area contributed by atoms with E-state index in [0.717, 1.165) is 37.7 Å². The largest absolute Gasteiger partial charge is 0.373 e. The minimum absolute atomic E-state index is 0.232. The van der Waals surface area contributed by atoms with Crippen LogP contribution in [0.3, 0.4) is 0 Å². The van der Waals surface area contributed by atoms with Crippen LogP contribution in [0.25, 0.3) is 11.0 Å². The van der Waals surface area contributed by atoms with Crippen molar-refractivity contribution in [3.05, 3.63) is 16.4 Å². The summed E-state index contributed by atoms with van der Waals surface area (Å²) in [5.41, 5.74) is 1.58. The van der Waals surface area contributed by atoms with E-state index in [2.05, 4.69) is 26.8 Å². The van der Waals surface area contributed by atoms with E-state index in [1.165, 1.54) is 0 Å². The number of aromatic nitrogens is 3. The number of rotatable bonds is 1. The van der Waals surface area contributed by atoms with Crippen molar-refractivity contribution in [2.45, 2.75) is 12.1 Å². The summed E-state index contributed by atoms with van der Waals surface area (Å²) in [5, 5.41) is 0.722. The number of imidazole rings is 1. The molecule has 6 nitrogen and oxygen atoms in total. The van der Waals surface area contributed by atoms with Gasteiger partial charge in [-0.2, -0.15) is 0 Å². The standard InChI is InChI=1S/C14H17Cl2N5O/c1-19-3-4-22-10-7-21(6-9(10)19)14-18-12-8(20(14)2)5-11(15)17-13(12)16/h5,9-10H,3-4,6-7H2,1-2H3/t9-,10+/m0/s1. The van der Waals surface area contributed by atoms with Crippen molar-refractivity contribution in [1.29, 1.82) is 0 Å². The average Bonchev–Trinajstić information content (AvgIpc) is 3.02. The SMILES string of the molecule is CN1CCO[C@@H]2CN(c3nc4c(Cl)nc(Cl)cc4n3C)C[C@@H]21. The Morgan fingerprint density at radius 2 is 2.05 bits per heavy atom. The van der Waals surface area contributed by atoms with Crippen LogP contribution >= 0.6 is 23.2 Å². The highest BCUT2D eigenvalue weighted by Crippen LogP contribution is 2.31. The van der Waals surface area contributed by atoms with Gasteiger partial charge in [-0.25, -0.2) is 9.97 Å². The number of ether oxygens (including phenoxy) is 1. The lowest BCUT2D eigenvalue weighted by atomic mass is 10.1. The zero-order valence-electron chi connectivity index (χ0n) is 12.5. The number of aryl methyl sites for hydroxylation is 1. The van der Waals surface area contributed by atoms with E-state index in [9.17, 15) is 0 Å². The van der Waals surface area contributed by atoms with Crippen LogP contribution in [0, 0.1) is 0 Å². The monoisotopic (exact) mass is 341 g/mol. The molecule has 0 spiro atoms. The fraction of sp³-hybridized carbons (Fsp3) is 0.571. The number of hydrogen-bond donors (Lipinski definition) is 0. The lowest BCUT2D eigenvalue weighted by Gasteiger charge is -2.33. The predicted octanol–water partition coefficient (Wildman–Crippen LogP) is 1.79. The van der Waals surface area contributed by atoms with E-state index in [4.69, 9.17) is 27.9 Å². The molecule has 0 N–H and O–H groups in total. The van der Waals surface area contributed by atoms with Gasteiger partial charge in [0.2, 0.25) is 5.95 Å². The molecule has 4 rings (SSSR count). The average molecular weight is 342 g/mol. The molecule has 0 unspecified atom stereocenters. The molecule has 0 saturated carbocycles. The minimum Gasteiger partial charge on any atom is -0.373 e. The van der Waals surface area contributed by atoms with Crippen LogP contribution in [0.1, 0.15) is 0 Å². The Morgan fingerprint density at radius 1 is 1.23 bits per heavy atom. The molecule has 2 fully saturated rings. The Balaban J connectivity index is 1.73. The Labute approximate surface area is 138 Å². The van der Waals surface area contributed by atoms with E-state index in [1.54, 1.807) is 6.07 Å². The molecule has 4 heterocycles. The molecule has 8 heteroatoms. The van der Waals surface area contributed by atoms with E-state index in [0.29, 0.717) is 21.9 Å². The number of pyridine rings is 1. The second-order valence-corrected chi connectivity index (χ2v) is 6.68. The first-order valence-electron chi connectivity index (χ1n) is 7.30. The molecule has 2 atom stereocenters. The summed E-state index contributed by atoms with van der Waals surface area (Å²) in [4.78, 5) is 13.4. The molecule has 2 aliphatic rings. The van der Waals surface area contributed by atoms with Gasteiger partial charge < -0.3 is 14.2 Å². The number of hydrogen-bond acceptors (Lipinski definition) is 5. The van der Waals surface area contributed by atoms with Gasteiger partial charge in [0.15, 0.2) is 5.15 Å². The Bertz CT molecular complexity index is 734. The predicted molar refractivity (Wildman–Crippen MR) is 86.9 cm³/mol. The molecular weight excluding hydrogens is 325 g/mol. The van der Waals surface area contributed by atoms with Crippen LogP contribution in [-0.2, 0) is 11.8 Å². The van der Waals surface area contributed by atoms with Gasteiger partial charge in [0, 0.05) is 32.7 Å². The van der Waals surface area contributed by atoms with Crippen molar-refractivity contribution in [2.75, 3.05) is 38.2 Å². The van der Waals surface area contributed by atoms with Gasteiger partial charge in [0.05, 0.1) is 24.3 Å². The third-order valence-electron chi connectivity index (χ3n) is 4.63. The number of anilines is 1. The lowest BCUT2D eigenvalue weighted by Crippen LogP contribution is -2.48. The highest BCUT2D eigenvalue weighted by Gasteiger charge is 2.40. The molecule has 0 amide bonds. The van der Waals surface area contributed by atoms with Gasteiger partial charge in [0.25, 0.3) is 0 Å². The van der Waals surface area contributed by atoms with E-state index < -0.39 is 0 Å². The maximum Gasteiger partial charge on any atom is 0.206 e. The number of likely N-dealkylation sites (N-methyl/N-ethyl adjacent to an activating group) is 1. The highest BCUT2D eigenvalue weighted by molar-refractivity contribution is 6.36. The zero-order valence-corrected chi connectivity index (χ0v) is 14.0. The molecule has 2 aromatic rings. The van der Waals surface area contributed by atoms with Gasteiger partial charge >= 0.3 is 0 Å². The van der Waals surface area contributed by atoms with Crippen LogP contribution in [0.5, 0.6) is 0 Å². The molecule has 0 radical (unpaired) electrons. The van der Waals surface area contributed by atoms with Crippen LogP contribution in [0.4, 0.5) is 5.95 Å². The molecule has 0 aliphatic carbocycles. The fourth-order valence-corrected chi connectivity index (χ4v) is 3.87. The quantitative estimate of drug-likeness (QED) is 0.740. The smallest absolute Gasteiger partial charge is 0.206 e. The summed E-state index contributed by atoms with van der Waals surface area (Å²) in [5.74, 6) is 0.882. The zero-order chi connectivity index (χ0) is 15.4. The molecule has 2 aliphatic heterocycles. The first kappa shape index (κ1) is 14.5. The summed E-state index contributed by atoms with van der Waals surface area (Å²) < 4.78 is 7.92. The van der Waals surface area contributed by atoms with Crippen molar-refractivity contribution >= 4 is 40.2 Å². The molecule has 118 valence electrons. The summed E-state index contributed by atoms with van der Waals surface area (Å²) in [6.45, 7) is 3.50. The van der Waals surface area contributed by atoms with Gasteiger partial charge in [-0.15, -0.1) is 0 Å². The van der Waals surface area contributed by atoms with Crippen molar-refractivity contribution in [3.63, 3.8) is 0 Å². The van der Waals surface area contributed by atoms with Gasteiger partial charge in [-0.3, -0.25) is 4.90 Å². The number of fused-ring (bicyclic) bond motifs is 2. The molecule has 0 aromatic carbocycles. The van der Waals surface area contributed by atoms with Crippen LogP contribution in [0.2, 0.25) is 10.3 Å². The van der Waals surface area contributed by atoms with Crippen molar-refractivity contribution in [3.8, 4) is 0 Å². The summed E-state index contributed by atoms with van der Waals surface area (Å²) in [6.07, 6.45) is 0.232. The van der Waals surface area contributed by atoms with Gasteiger partial charge in [0.1, 0.15) is 10.7 Å². The first-order chi connectivity index (χ1) is 10.5. The topological polar surface area (TPSA) is 46.4 Å². The van der Waals surface area contributed by atoms with Crippen molar-refractivity contribution in [2.24, 2.45) is 7.05 Å². The second-order valence-electron chi connectivity index (χ2n) is 5.94. The van der Waals surface area contributed by atoms with Crippen molar-refractivity contribution in [1.82, 2.24) is 19.4 Å². The first-order valence-corrected chi connectivity index (χ1v) is 8.05. The summed E-state index contributed by atoms with van der Waals surface area (Å²) in [7, 11) is 4.13. The number of morpholine rings is 1. The summed E-state index contributed by atoms with van der Waals surface area (Å²) in [6, 6.07) is 2.20. The van der Waals surface area contributed by atoms with Crippen LogP contribution in [0.15, 0.2) is 6.07 Å². The van der Waals surface area contributed by atoms with Gasteiger partial charge in [-0.1, -0.05) is 23.2 Å². The van der Waals surface area contributed by atoms with E-state index >= 15 is 0 Å². The molecule has 2 saturated heterocycles. The Morgan fingerprint density at radius 3 is 2.82 bits per heavy atom. The van der Waals surface area contributed by atoms with Gasteiger partial charge in [-0.05, 0) is 7.05 Å². The number of nitrogens with zero attached hydrogens (tertiary/aromatic N) is 5. The maximum absolute atomic E-state index is 6.18. The lowest BCUT2D eigenvalue weighted by molar-refractivity contribution is -0.0362. The second kappa shape index (κ2) is 5.23. The normalized spacial score (nSPS) is 25.9. The molecule has 2 aromatic heterocycles. The van der Waals surface area contributed by atoms with E-state index in [1.807, 2.05) is 11.6 Å². The van der Waals surface area contributed by atoms with Crippen LogP contribution in [-0.4, -0.2) is 64.9 Å². The Hall–Kier alpha value is -1.08. The third-order valence-corrected chi connectivity index (χ3v) is 5.09. The highest BCUT2D eigenvalue weighted by atomic mass is 35.5. The molecule has 22 heavy (non-hydrogen) atoms. The Kier molecular flexibility index (Phi) is 3.45. The maximum atomic E-state index is 6.18. The number of halogens is 2. The summed E-state index contributed by atoms with van der Waals surface area (Å²) >= 11 is 12.2. The van der Waals surface area contributed by atoms with Crippen molar-refractivity contribution < 1.29 is 4.74 Å². The third kappa shape index (κ3) is 2.17. The van der Waals surface area contributed by atoms with Crippen LogP contribution < -0.4 is 4.90 Å². The van der Waals surface area contributed by atoms with E-state index in [-0.39, 0.29) is 6.10 Å². The molecule has 0 bridgehead atoms. The fourth-order valence-electron chi connectivity index (χ4n) is 3.41.